The number of hydrogen-bond acceptors (Lipinski definition) is 3. The number of methoxy groups -OCH3 is 2. The van der Waals surface area contributed by atoms with Crippen molar-refractivity contribution in [3.63, 3.8) is 0 Å². The zero-order valence-corrected chi connectivity index (χ0v) is 10.9. The average Bonchev–Trinajstić information content (AvgIpc) is 2.37. The number of amides is 1. The summed E-state index contributed by atoms with van der Waals surface area (Å²) in [7, 11) is 3.07. The lowest BCUT2D eigenvalue weighted by Gasteiger charge is -2.13. The van der Waals surface area contributed by atoms with Crippen molar-refractivity contribution in [1.82, 2.24) is 5.32 Å². The largest absolute Gasteiger partial charge is 0.497 e. The zero-order chi connectivity index (χ0) is 12.8. The van der Waals surface area contributed by atoms with E-state index in [0.717, 1.165) is 0 Å². The van der Waals surface area contributed by atoms with E-state index in [1.807, 2.05) is 6.92 Å². The van der Waals surface area contributed by atoms with E-state index < -0.39 is 0 Å². The van der Waals surface area contributed by atoms with Gasteiger partial charge in [0.15, 0.2) is 0 Å². The molecule has 1 N–H and O–H groups in total. The lowest BCUT2D eigenvalue weighted by Crippen LogP contribution is -2.33. The molecule has 0 radical (unpaired) electrons. The third-order valence-electron chi connectivity index (χ3n) is 2.26. The van der Waals surface area contributed by atoms with Crippen molar-refractivity contribution < 1.29 is 14.3 Å². The molecule has 1 aromatic rings. The summed E-state index contributed by atoms with van der Waals surface area (Å²) in [6, 6.07) is 4.95. The summed E-state index contributed by atoms with van der Waals surface area (Å²) in [5.74, 6) is 1.27. The van der Waals surface area contributed by atoms with Crippen molar-refractivity contribution >= 4 is 17.5 Å². The van der Waals surface area contributed by atoms with Crippen molar-refractivity contribution in [2.75, 3.05) is 20.1 Å². The Labute approximate surface area is 106 Å². The third-order valence-corrected chi connectivity index (χ3v) is 2.73. The molecule has 0 spiro atoms. The second-order valence-electron chi connectivity index (χ2n) is 3.60. The molecule has 0 saturated carbocycles. The average molecular weight is 258 g/mol. The first kappa shape index (κ1) is 13.6. The summed E-state index contributed by atoms with van der Waals surface area (Å²) >= 11 is 5.64. The second kappa shape index (κ2) is 6.35. The molecule has 4 nitrogen and oxygen atoms in total. The Bertz CT molecular complexity index is 395. The van der Waals surface area contributed by atoms with Gasteiger partial charge in [-0.2, -0.15) is 0 Å². The quantitative estimate of drug-likeness (QED) is 0.822. The van der Waals surface area contributed by atoms with Gasteiger partial charge in [0.1, 0.15) is 11.5 Å². The van der Waals surface area contributed by atoms with Crippen LogP contribution in [0.4, 0.5) is 0 Å². The zero-order valence-electron chi connectivity index (χ0n) is 10.1. The highest BCUT2D eigenvalue weighted by Crippen LogP contribution is 2.24. The van der Waals surface area contributed by atoms with Gasteiger partial charge in [0.25, 0.3) is 5.91 Å². The molecule has 1 unspecified atom stereocenters. The molecule has 1 atom stereocenters. The van der Waals surface area contributed by atoms with Crippen LogP contribution >= 0.6 is 11.6 Å². The van der Waals surface area contributed by atoms with Crippen LogP contribution in [0.5, 0.6) is 11.5 Å². The van der Waals surface area contributed by atoms with Crippen molar-refractivity contribution in [3.8, 4) is 11.5 Å². The molecule has 0 fully saturated rings. The predicted molar refractivity (Wildman–Crippen MR) is 67.2 cm³/mol. The molecule has 1 amide bonds. The van der Waals surface area contributed by atoms with Crippen LogP contribution in [0, 0.1) is 0 Å². The first-order valence-electron chi connectivity index (χ1n) is 5.21. The van der Waals surface area contributed by atoms with Gasteiger partial charge in [-0.25, -0.2) is 0 Å². The maximum absolute atomic E-state index is 11.9. The predicted octanol–water partition coefficient (Wildman–Crippen LogP) is 2.06. The molecular formula is C12H16ClNO3. The summed E-state index contributed by atoms with van der Waals surface area (Å²) < 4.78 is 10.2. The lowest BCUT2D eigenvalue weighted by atomic mass is 10.1. The Morgan fingerprint density at radius 1 is 1.41 bits per heavy atom. The molecule has 0 aromatic heterocycles. The van der Waals surface area contributed by atoms with Crippen LogP contribution in [0.15, 0.2) is 18.2 Å². The van der Waals surface area contributed by atoms with Gasteiger partial charge < -0.3 is 14.8 Å². The molecule has 0 aliphatic rings. The number of halogens is 1. The Hall–Kier alpha value is -1.42. The minimum absolute atomic E-state index is 0.0871. The maximum atomic E-state index is 11.9. The number of hydrogen-bond donors (Lipinski definition) is 1. The van der Waals surface area contributed by atoms with Gasteiger partial charge in [0.2, 0.25) is 0 Å². The van der Waals surface area contributed by atoms with E-state index >= 15 is 0 Å². The van der Waals surface area contributed by atoms with E-state index in [2.05, 4.69) is 5.32 Å². The SMILES string of the molecule is COc1ccc(C(=O)NC(C)CCl)c(OC)c1. The van der Waals surface area contributed by atoms with Crippen molar-refractivity contribution in [2.24, 2.45) is 0 Å². The van der Waals surface area contributed by atoms with Crippen LogP contribution < -0.4 is 14.8 Å². The van der Waals surface area contributed by atoms with Crippen molar-refractivity contribution in [2.45, 2.75) is 13.0 Å². The van der Waals surface area contributed by atoms with Crippen LogP contribution in [-0.2, 0) is 0 Å². The Kier molecular flexibility index (Phi) is 5.10. The van der Waals surface area contributed by atoms with Gasteiger partial charge in [-0.05, 0) is 19.1 Å². The van der Waals surface area contributed by atoms with Crippen molar-refractivity contribution in [1.29, 1.82) is 0 Å². The summed E-state index contributed by atoms with van der Waals surface area (Å²) in [6.45, 7) is 1.83. The van der Waals surface area contributed by atoms with Crippen molar-refractivity contribution in [3.05, 3.63) is 23.8 Å². The number of alkyl halides is 1. The van der Waals surface area contributed by atoms with E-state index in [1.54, 1.807) is 25.3 Å². The standard InChI is InChI=1S/C12H16ClNO3/c1-8(7-13)14-12(15)10-5-4-9(16-2)6-11(10)17-3/h4-6,8H,7H2,1-3H3,(H,14,15). The fourth-order valence-electron chi connectivity index (χ4n) is 1.33. The number of ether oxygens (including phenoxy) is 2. The Balaban J connectivity index is 2.93. The van der Waals surface area contributed by atoms with Gasteiger partial charge in [-0.15, -0.1) is 11.6 Å². The lowest BCUT2D eigenvalue weighted by molar-refractivity contribution is 0.0940. The van der Waals surface area contributed by atoms with E-state index in [4.69, 9.17) is 21.1 Å². The van der Waals surface area contributed by atoms with E-state index in [1.165, 1.54) is 7.11 Å². The first-order valence-corrected chi connectivity index (χ1v) is 5.74. The highest BCUT2D eigenvalue weighted by Gasteiger charge is 2.14. The monoisotopic (exact) mass is 257 g/mol. The molecule has 0 aliphatic heterocycles. The molecule has 5 heteroatoms. The topological polar surface area (TPSA) is 47.6 Å². The van der Waals surface area contributed by atoms with Crippen LogP contribution in [0.3, 0.4) is 0 Å². The van der Waals surface area contributed by atoms with Crippen LogP contribution in [0.25, 0.3) is 0 Å². The third kappa shape index (κ3) is 3.53. The van der Waals surface area contributed by atoms with Gasteiger partial charge in [0.05, 0.1) is 19.8 Å². The molecule has 94 valence electrons. The molecule has 1 aromatic carbocycles. The molecule has 0 aliphatic carbocycles. The minimum Gasteiger partial charge on any atom is -0.497 e. The van der Waals surface area contributed by atoms with Crippen LogP contribution in [0.1, 0.15) is 17.3 Å². The van der Waals surface area contributed by atoms with Gasteiger partial charge >= 0.3 is 0 Å². The van der Waals surface area contributed by atoms with Crippen LogP contribution in [0.2, 0.25) is 0 Å². The van der Waals surface area contributed by atoms with Gasteiger partial charge in [0, 0.05) is 18.0 Å². The van der Waals surface area contributed by atoms with E-state index in [9.17, 15) is 4.79 Å². The smallest absolute Gasteiger partial charge is 0.255 e. The van der Waals surface area contributed by atoms with Gasteiger partial charge in [-0.1, -0.05) is 0 Å². The first-order chi connectivity index (χ1) is 8.12. The fourth-order valence-corrected chi connectivity index (χ4v) is 1.40. The number of carbonyl (C=O) groups excluding carboxylic acids is 1. The summed E-state index contributed by atoms with van der Waals surface area (Å²) in [4.78, 5) is 11.9. The molecular weight excluding hydrogens is 242 g/mol. The highest BCUT2D eigenvalue weighted by molar-refractivity contribution is 6.18. The normalized spacial score (nSPS) is 11.8. The number of carbonyl (C=O) groups is 1. The number of benzene rings is 1. The molecule has 0 saturated heterocycles. The van der Waals surface area contributed by atoms with Gasteiger partial charge in [-0.3, -0.25) is 4.79 Å². The fraction of sp³-hybridized carbons (Fsp3) is 0.417. The molecule has 17 heavy (non-hydrogen) atoms. The second-order valence-corrected chi connectivity index (χ2v) is 3.90. The maximum Gasteiger partial charge on any atom is 0.255 e. The summed E-state index contributed by atoms with van der Waals surface area (Å²) in [6.07, 6.45) is 0. The summed E-state index contributed by atoms with van der Waals surface area (Å²) in [5, 5.41) is 2.77. The number of rotatable bonds is 5. The van der Waals surface area contributed by atoms with Crippen LogP contribution in [-0.4, -0.2) is 32.0 Å². The molecule has 0 bridgehead atoms. The Morgan fingerprint density at radius 3 is 2.65 bits per heavy atom. The molecule has 0 heterocycles. The number of nitrogens with one attached hydrogen (secondary N) is 1. The Morgan fingerprint density at radius 2 is 2.12 bits per heavy atom. The van der Waals surface area contributed by atoms with E-state index in [-0.39, 0.29) is 11.9 Å². The highest BCUT2D eigenvalue weighted by atomic mass is 35.5. The summed E-state index contributed by atoms with van der Waals surface area (Å²) in [5.41, 5.74) is 0.463. The minimum atomic E-state index is -0.211. The molecule has 1 rings (SSSR count). The van der Waals surface area contributed by atoms with E-state index in [0.29, 0.717) is 22.9 Å².